The fourth-order valence-corrected chi connectivity index (χ4v) is 4.43. The van der Waals surface area contributed by atoms with Gasteiger partial charge in [-0.15, -0.1) is 6.58 Å². The zero-order valence-electron chi connectivity index (χ0n) is 23.9. The Morgan fingerprint density at radius 3 is 1.86 bits per heavy atom. The van der Waals surface area contributed by atoms with Crippen molar-refractivity contribution in [2.45, 2.75) is 93.5 Å². The third kappa shape index (κ3) is 10.2. The van der Waals surface area contributed by atoms with Gasteiger partial charge in [0.15, 0.2) is 30.7 Å². The summed E-state index contributed by atoms with van der Waals surface area (Å²) in [5, 5.41) is 2.30. The maximum absolute atomic E-state index is 12.8. The highest BCUT2D eigenvalue weighted by molar-refractivity contribution is 6.76. The molecule has 246 valence electrons. The minimum Gasteiger partial charge on any atom is -0.463 e. The largest absolute Gasteiger partial charge is 0.463 e. The van der Waals surface area contributed by atoms with Crippen LogP contribution in [-0.2, 0) is 71.5 Å². The van der Waals surface area contributed by atoms with E-state index in [1.807, 2.05) is 0 Å². The van der Waals surface area contributed by atoms with Crippen LogP contribution in [0.2, 0.25) is 0 Å². The minimum atomic E-state index is -2.56. The molecule has 2 heterocycles. The summed E-state index contributed by atoms with van der Waals surface area (Å²) in [7, 11) is 0. The molecule has 0 aromatic rings. The lowest BCUT2D eigenvalue weighted by Gasteiger charge is -2.46. The Hall–Kier alpha value is -3.18. The van der Waals surface area contributed by atoms with E-state index < -0.39 is 107 Å². The molecule has 0 radical (unpaired) electrons. The van der Waals surface area contributed by atoms with Crippen molar-refractivity contribution in [1.29, 1.82) is 0 Å². The van der Waals surface area contributed by atoms with E-state index in [1.54, 1.807) is 0 Å². The van der Waals surface area contributed by atoms with Gasteiger partial charge in [-0.05, 0) is 0 Å². The van der Waals surface area contributed by atoms with Gasteiger partial charge in [0.25, 0.3) is 9.70 Å². The normalized spacial score (nSPS) is 28.9. The molecule has 0 bridgehead atoms. The smallest absolute Gasteiger partial charge is 0.352 e. The van der Waals surface area contributed by atoms with E-state index in [-0.39, 0.29) is 0 Å². The van der Waals surface area contributed by atoms with Crippen molar-refractivity contribution in [2.24, 2.45) is 0 Å². The molecule has 1 amide bonds. The maximum atomic E-state index is 12.8. The van der Waals surface area contributed by atoms with Gasteiger partial charge in [-0.1, -0.05) is 40.9 Å². The quantitative estimate of drug-likeness (QED) is 0.134. The number of hydrogen-bond donors (Lipinski definition) is 1. The molecule has 19 heteroatoms. The molecule has 2 fully saturated rings. The van der Waals surface area contributed by atoms with Crippen molar-refractivity contribution in [3.8, 4) is 0 Å². The SMILES string of the molecule is C=C[C@H](O[C@@H]1O[C@H](COC(C)=O)[C@@H](OC(C)=O)[C@H](OC(C)=O)[C@H]1NC(=O)C(Cl)(Cl)Cl)[C@H]1OC(=O)[C@@H](OC(C)=O)[C@@H]1OC(C)=O. The molecule has 2 rings (SSSR count). The number of halogens is 3. The molecule has 0 unspecified atom stereocenters. The van der Waals surface area contributed by atoms with Gasteiger partial charge < -0.3 is 43.2 Å². The van der Waals surface area contributed by atoms with Gasteiger partial charge in [-0.3, -0.25) is 28.8 Å². The molecule has 0 aromatic carbocycles. The van der Waals surface area contributed by atoms with Crippen LogP contribution in [0.4, 0.5) is 0 Å². The highest BCUT2D eigenvalue weighted by Gasteiger charge is 2.56. The summed E-state index contributed by atoms with van der Waals surface area (Å²) in [4.78, 5) is 84.6. The summed E-state index contributed by atoms with van der Waals surface area (Å²) < 4.78 is 40.6. The van der Waals surface area contributed by atoms with Gasteiger partial charge in [-0.25, -0.2) is 4.79 Å². The van der Waals surface area contributed by atoms with E-state index in [9.17, 15) is 33.6 Å². The number of nitrogens with one attached hydrogen (secondary N) is 1. The molecule has 1 N–H and O–H groups in total. The van der Waals surface area contributed by atoms with Crippen LogP contribution in [0.1, 0.15) is 34.6 Å². The van der Waals surface area contributed by atoms with Crippen LogP contribution in [0, 0.1) is 0 Å². The standard InChI is InChI=1S/C25H30Cl3NO15/c1-7-14(17-20(40-12(5)33)21(22(35)44-17)41-13(6)34)42-23-16(29-24(36)25(26,27)28)19(39-11(4)32)18(38-10(3)31)15(43-23)8-37-9(2)30/h7,14-21,23H,1,8H2,2-6H3,(H,29,36)/t14-,15+,16+,17+,18+,19+,20+,21-,23+/m0/s1. The first-order valence-electron chi connectivity index (χ1n) is 12.7. The van der Waals surface area contributed by atoms with Gasteiger partial charge in [-0.2, -0.15) is 0 Å². The van der Waals surface area contributed by atoms with Crippen LogP contribution < -0.4 is 5.32 Å². The highest BCUT2D eigenvalue weighted by atomic mass is 35.6. The predicted molar refractivity (Wildman–Crippen MR) is 145 cm³/mol. The minimum absolute atomic E-state index is 0.572. The van der Waals surface area contributed by atoms with E-state index in [0.29, 0.717) is 0 Å². The molecule has 0 spiro atoms. The van der Waals surface area contributed by atoms with E-state index >= 15 is 0 Å². The second-order valence-electron chi connectivity index (χ2n) is 9.33. The number of hydrogen-bond acceptors (Lipinski definition) is 15. The Morgan fingerprint density at radius 1 is 0.864 bits per heavy atom. The predicted octanol–water partition coefficient (Wildman–Crippen LogP) is 0.353. The average Bonchev–Trinajstić information content (AvgIpc) is 3.16. The molecule has 44 heavy (non-hydrogen) atoms. The monoisotopic (exact) mass is 689 g/mol. The number of carbonyl (C=O) groups is 7. The third-order valence-corrected chi connectivity index (χ3v) is 6.32. The molecule has 2 aliphatic rings. The van der Waals surface area contributed by atoms with Crippen molar-refractivity contribution in [1.82, 2.24) is 5.32 Å². The molecule has 2 saturated heterocycles. The molecule has 16 nitrogen and oxygen atoms in total. The molecule has 0 saturated carbocycles. The lowest BCUT2D eigenvalue weighted by atomic mass is 9.95. The Balaban J connectivity index is 2.60. The lowest BCUT2D eigenvalue weighted by molar-refractivity contribution is -0.290. The summed E-state index contributed by atoms with van der Waals surface area (Å²) in [5.41, 5.74) is 0. The Kier molecular flexibility index (Phi) is 13.2. The van der Waals surface area contributed by atoms with Crippen LogP contribution in [0.25, 0.3) is 0 Å². The summed E-state index contributed by atoms with van der Waals surface area (Å²) in [5.74, 6) is -6.66. The average molecular weight is 691 g/mol. The first kappa shape index (κ1) is 37.0. The Labute approximate surface area is 265 Å². The second-order valence-corrected chi connectivity index (χ2v) is 11.6. The second kappa shape index (κ2) is 15.7. The van der Waals surface area contributed by atoms with Crippen LogP contribution in [0.5, 0.6) is 0 Å². The molecule has 0 aromatic heterocycles. The van der Waals surface area contributed by atoms with Crippen molar-refractivity contribution in [2.75, 3.05) is 6.61 Å². The topological polar surface area (TPSA) is 205 Å². The van der Waals surface area contributed by atoms with Crippen LogP contribution in [0.15, 0.2) is 12.7 Å². The zero-order chi connectivity index (χ0) is 33.5. The van der Waals surface area contributed by atoms with Crippen LogP contribution >= 0.6 is 34.8 Å². The maximum Gasteiger partial charge on any atom is 0.352 e. The first-order chi connectivity index (χ1) is 20.3. The Bertz CT molecular complexity index is 1160. The van der Waals surface area contributed by atoms with E-state index in [2.05, 4.69) is 11.9 Å². The van der Waals surface area contributed by atoms with Crippen molar-refractivity contribution < 1.29 is 71.5 Å². The first-order valence-corrected chi connectivity index (χ1v) is 13.8. The zero-order valence-corrected chi connectivity index (χ0v) is 26.2. The number of carbonyl (C=O) groups excluding carboxylic acids is 7. The summed E-state index contributed by atoms with van der Waals surface area (Å²) in [6.07, 6.45) is -11.4. The number of alkyl halides is 3. The number of ether oxygens (including phenoxy) is 8. The summed E-state index contributed by atoms with van der Waals surface area (Å²) in [6.45, 7) is 8.22. The fourth-order valence-electron chi connectivity index (χ4n) is 4.27. The molecule has 9 atom stereocenters. The summed E-state index contributed by atoms with van der Waals surface area (Å²) >= 11 is 17.2. The van der Waals surface area contributed by atoms with Crippen molar-refractivity contribution in [3.05, 3.63) is 12.7 Å². The van der Waals surface area contributed by atoms with Gasteiger partial charge in [0.2, 0.25) is 6.10 Å². The fraction of sp³-hybridized carbons (Fsp3) is 0.640. The third-order valence-electron chi connectivity index (χ3n) is 5.81. The number of cyclic esters (lactones) is 1. The molecular formula is C25H30Cl3NO15. The van der Waals surface area contributed by atoms with Crippen molar-refractivity contribution >= 4 is 76.5 Å². The van der Waals surface area contributed by atoms with Gasteiger partial charge in [0.1, 0.15) is 24.9 Å². The number of amides is 1. The Morgan fingerprint density at radius 2 is 1.39 bits per heavy atom. The van der Waals surface area contributed by atoms with Gasteiger partial charge >= 0.3 is 35.8 Å². The number of esters is 6. The molecule has 2 aliphatic heterocycles. The van der Waals surface area contributed by atoms with Gasteiger partial charge in [0.05, 0.1) is 0 Å². The number of rotatable bonds is 11. The van der Waals surface area contributed by atoms with E-state index in [4.69, 9.17) is 72.7 Å². The summed E-state index contributed by atoms with van der Waals surface area (Å²) in [6, 6.07) is -1.63. The van der Waals surface area contributed by atoms with E-state index in [0.717, 1.165) is 40.7 Å². The van der Waals surface area contributed by atoms with E-state index in [1.165, 1.54) is 0 Å². The highest BCUT2D eigenvalue weighted by Crippen LogP contribution is 2.34. The van der Waals surface area contributed by atoms with Crippen LogP contribution in [0.3, 0.4) is 0 Å². The lowest BCUT2D eigenvalue weighted by Crippen LogP contribution is -2.68. The van der Waals surface area contributed by atoms with Gasteiger partial charge in [0, 0.05) is 34.6 Å². The molecule has 0 aliphatic carbocycles. The molecular weight excluding hydrogens is 661 g/mol. The van der Waals surface area contributed by atoms with Crippen LogP contribution in [-0.4, -0.2) is 107 Å². The van der Waals surface area contributed by atoms with Crippen molar-refractivity contribution in [3.63, 3.8) is 0 Å².